The second-order valence-electron chi connectivity index (χ2n) is 7.96. The van der Waals surface area contributed by atoms with Crippen molar-refractivity contribution in [2.75, 3.05) is 6.61 Å². The van der Waals surface area contributed by atoms with Gasteiger partial charge in [0.15, 0.2) is 0 Å². The third kappa shape index (κ3) is 1.83. The highest BCUT2D eigenvalue weighted by atomic mass is 19.3. The van der Waals surface area contributed by atoms with Crippen LogP contribution >= 0.6 is 0 Å². The van der Waals surface area contributed by atoms with Crippen LogP contribution in [-0.2, 0) is 9.53 Å². The Balaban J connectivity index is 2.37. The molecule has 0 aromatic carbocycles. The predicted molar refractivity (Wildman–Crippen MR) is 75.9 cm³/mol. The number of hydrogen-bond acceptors (Lipinski definition) is 2. The highest BCUT2D eigenvalue weighted by Gasteiger charge is 3.23. The van der Waals surface area contributed by atoms with Crippen LogP contribution < -0.4 is 0 Å². The van der Waals surface area contributed by atoms with Crippen molar-refractivity contribution >= 4 is 5.97 Å². The third-order valence-electron chi connectivity index (χ3n) is 6.46. The van der Waals surface area contributed by atoms with E-state index in [-0.39, 0.29) is 0 Å². The summed E-state index contributed by atoms with van der Waals surface area (Å²) in [7, 11) is 0. The quantitative estimate of drug-likeness (QED) is 0.292. The third-order valence-corrected chi connectivity index (χ3v) is 6.46. The van der Waals surface area contributed by atoms with Crippen LogP contribution in [0.2, 0.25) is 0 Å². The molecule has 0 aromatic heterocycles. The van der Waals surface area contributed by atoms with Crippen LogP contribution in [-0.4, -0.2) is 75.8 Å². The van der Waals surface area contributed by atoms with Gasteiger partial charge < -0.3 is 9.84 Å². The van der Waals surface area contributed by atoms with E-state index in [9.17, 15) is 70.7 Å². The lowest BCUT2D eigenvalue weighted by atomic mass is 9.40. The molecule has 0 amide bonds. The molecule has 1 N–H and O–H groups in total. The van der Waals surface area contributed by atoms with Gasteiger partial charge in [-0.05, 0) is 12.8 Å². The summed E-state index contributed by atoms with van der Waals surface area (Å²) >= 11 is 0. The van der Waals surface area contributed by atoms with E-state index >= 15 is 0 Å². The lowest BCUT2D eigenvalue weighted by molar-refractivity contribution is -0.619. The molecule has 0 spiro atoms. The first-order valence-electron chi connectivity index (χ1n) is 8.71. The Hall–Kier alpha value is -1.88. The smallest absolute Gasteiger partial charge is 0.339 e. The highest BCUT2D eigenvalue weighted by Crippen LogP contribution is 2.88. The molecule has 4 aliphatic carbocycles. The van der Waals surface area contributed by atoms with Crippen molar-refractivity contribution in [1.29, 1.82) is 0 Å². The summed E-state index contributed by atoms with van der Waals surface area (Å²) in [5, 5.41) is 8.54. The van der Waals surface area contributed by atoms with Crippen LogP contribution in [0.15, 0.2) is 12.2 Å². The summed E-state index contributed by atoms with van der Waals surface area (Å²) in [6, 6.07) is 0. The maximum Gasteiger partial charge on any atom is 0.339 e. The van der Waals surface area contributed by atoms with E-state index < -0.39 is 89.1 Å². The normalized spacial score (nSPS) is 43.5. The number of ether oxygens (including phenoxy) is 1. The van der Waals surface area contributed by atoms with Gasteiger partial charge in [-0.1, -0.05) is 6.58 Å². The Kier molecular flexibility index (Phi) is 4.78. The average molecular weight is 534 g/mol. The molecular weight excluding hydrogens is 525 g/mol. The van der Waals surface area contributed by atoms with Crippen molar-refractivity contribution in [2.24, 2.45) is 0 Å². The minimum Gasteiger partial charge on any atom is -0.478 e. The van der Waals surface area contributed by atoms with E-state index in [1.807, 2.05) is 0 Å². The number of rotatable bonds is 6. The largest absolute Gasteiger partial charge is 0.478 e. The Morgan fingerprint density at radius 3 is 1.18 bits per heavy atom. The summed E-state index contributed by atoms with van der Waals surface area (Å²) in [6.07, 6.45) is -2.25. The summed E-state index contributed by atoms with van der Waals surface area (Å²) in [4.78, 5) is 10.6. The minimum absolute atomic E-state index is 0.880. The van der Waals surface area contributed by atoms with Gasteiger partial charge in [0, 0.05) is 12.2 Å². The average Bonchev–Trinajstić information content (AvgIpc) is 2.67. The Bertz CT molecular complexity index is 844. The van der Waals surface area contributed by atoms with Gasteiger partial charge in [0.25, 0.3) is 5.60 Å². The summed E-state index contributed by atoms with van der Waals surface area (Å²) < 4.78 is 222. The van der Waals surface area contributed by atoms with Gasteiger partial charge in [-0.15, -0.1) is 0 Å². The number of hydrogen-bond donors (Lipinski definition) is 1. The topological polar surface area (TPSA) is 46.5 Å². The van der Waals surface area contributed by atoms with Gasteiger partial charge in [0.05, 0.1) is 0 Å². The second-order valence-corrected chi connectivity index (χ2v) is 7.96. The SMILES string of the molecule is C=C(CCCOC12C(F)(F)C3(F)C(F)(F)C(F)(C(F)(F)C(F)(C3(F)F)C1(F)F)C2(F)F)C(=O)O. The molecule has 3 nitrogen and oxygen atoms in total. The van der Waals surface area contributed by atoms with Crippen LogP contribution in [0.25, 0.3) is 0 Å². The van der Waals surface area contributed by atoms with E-state index in [1.165, 1.54) is 0 Å². The number of halogens is 15. The molecule has 4 aliphatic rings. The number of carboxylic acids is 1. The van der Waals surface area contributed by atoms with Crippen LogP contribution in [0.3, 0.4) is 0 Å². The standard InChI is InChI=1S/C16H9F15O3/c1-5(6(32)33)3-2-4-34-10-14(26,27)7(17)11(20,21)8(18,15(10,28)29)13(24,25)9(19,12(7,22)23)16(10,30)31/h1-4H2,(H,32,33). The fourth-order valence-electron chi connectivity index (χ4n) is 4.70. The zero-order chi connectivity index (χ0) is 27.0. The molecule has 4 saturated carbocycles. The molecule has 0 unspecified atom stereocenters. The van der Waals surface area contributed by atoms with Crippen molar-refractivity contribution in [3.05, 3.63) is 12.2 Å². The molecule has 0 saturated heterocycles. The molecule has 4 bridgehead atoms. The van der Waals surface area contributed by atoms with Crippen molar-refractivity contribution in [2.45, 2.75) is 71.0 Å². The van der Waals surface area contributed by atoms with E-state index in [0.29, 0.717) is 0 Å². The first kappa shape index (κ1) is 26.7. The van der Waals surface area contributed by atoms with E-state index in [1.54, 1.807) is 0 Å². The van der Waals surface area contributed by atoms with Crippen LogP contribution in [0.1, 0.15) is 12.8 Å². The van der Waals surface area contributed by atoms with E-state index in [2.05, 4.69) is 11.3 Å². The number of alkyl halides is 15. The monoisotopic (exact) mass is 534 g/mol. The van der Waals surface area contributed by atoms with Crippen molar-refractivity contribution in [1.82, 2.24) is 0 Å². The number of carbonyl (C=O) groups is 1. The molecule has 0 heterocycles. The van der Waals surface area contributed by atoms with Gasteiger partial charge in [-0.25, -0.2) is 18.0 Å². The molecule has 196 valence electrons. The van der Waals surface area contributed by atoms with Crippen molar-refractivity contribution < 1.29 is 80.5 Å². The first-order chi connectivity index (χ1) is 14.8. The van der Waals surface area contributed by atoms with Gasteiger partial charge in [0.2, 0.25) is 0 Å². The Morgan fingerprint density at radius 1 is 0.618 bits per heavy atom. The second kappa shape index (κ2) is 6.08. The maximum absolute atomic E-state index is 14.8. The van der Waals surface area contributed by atoms with Crippen molar-refractivity contribution in [3.8, 4) is 0 Å². The van der Waals surface area contributed by atoms with Gasteiger partial charge in [-0.3, -0.25) is 0 Å². The molecule has 0 aromatic rings. The first-order valence-corrected chi connectivity index (χ1v) is 8.71. The lowest BCUT2D eigenvalue weighted by Crippen LogP contribution is -3.09. The predicted octanol–water partition coefficient (Wildman–Crippen LogP) is 5.14. The van der Waals surface area contributed by atoms with E-state index in [0.717, 1.165) is 0 Å². The lowest BCUT2D eigenvalue weighted by Gasteiger charge is -2.74. The zero-order valence-corrected chi connectivity index (χ0v) is 15.8. The molecule has 4 rings (SSSR count). The van der Waals surface area contributed by atoms with Crippen LogP contribution in [0.4, 0.5) is 65.9 Å². The number of aliphatic carboxylic acids is 1. The Morgan fingerprint density at radius 2 is 0.912 bits per heavy atom. The van der Waals surface area contributed by atoms with Gasteiger partial charge in [0.1, 0.15) is 0 Å². The summed E-state index contributed by atoms with van der Waals surface area (Å²) in [5.74, 6) is -48.3. The van der Waals surface area contributed by atoms with Gasteiger partial charge in [-0.2, -0.15) is 52.7 Å². The zero-order valence-electron chi connectivity index (χ0n) is 15.8. The molecular formula is C16H9F15O3. The molecule has 18 heteroatoms. The van der Waals surface area contributed by atoms with Crippen LogP contribution in [0, 0.1) is 0 Å². The van der Waals surface area contributed by atoms with E-state index in [4.69, 9.17) is 5.11 Å². The highest BCUT2D eigenvalue weighted by molar-refractivity contribution is 5.85. The molecule has 0 aliphatic heterocycles. The van der Waals surface area contributed by atoms with Gasteiger partial charge >= 0.3 is 58.5 Å². The summed E-state index contributed by atoms with van der Waals surface area (Å²) in [5.41, 5.74) is -31.0. The maximum atomic E-state index is 14.8. The van der Waals surface area contributed by atoms with Crippen LogP contribution in [0.5, 0.6) is 0 Å². The minimum atomic E-state index is -7.86. The fraction of sp³-hybridized carbons (Fsp3) is 0.812. The molecule has 4 fully saturated rings. The summed E-state index contributed by atoms with van der Waals surface area (Å²) in [6.45, 7) is 0.690. The fourth-order valence-corrected chi connectivity index (χ4v) is 4.70. The molecule has 34 heavy (non-hydrogen) atoms. The molecule has 0 radical (unpaired) electrons. The molecule has 0 atom stereocenters. The Labute approximate surface area is 177 Å². The number of carboxylic acid groups (broad SMARTS) is 1. The van der Waals surface area contributed by atoms with Crippen molar-refractivity contribution in [3.63, 3.8) is 0 Å².